The number of hydrogen-bond acceptors (Lipinski definition) is 3. The summed E-state index contributed by atoms with van der Waals surface area (Å²) in [5, 5.41) is 3.10. The number of thioether (sulfide) groups is 1. The second-order valence-corrected chi connectivity index (χ2v) is 6.15. The summed E-state index contributed by atoms with van der Waals surface area (Å²) in [5.41, 5.74) is 0. The first-order valence-corrected chi connectivity index (χ1v) is 8.18. The van der Waals surface area contributed by atoms with E-state index in [0.717, 1.165) is 50.7 Å². The highest BCUT2D eigenvalue weighted by Gasteiger charge is 2.20. The van der Waals surface area contributed by atoms with Crippen molar-refractivity contribution in [3.8, 4) is 0 Å². The second-order valence-electron chi connectivity index (χ2n) is 4.76. The van der Waals surface area contributed by atoms with Gasteiger partial charge in [0.1, 0.15) is 0 Å². The highest BCUT2D eigenvalue weighted by molar-refractivity contribution is 7.99. The number of piperazine rings is 1. The molecule has 1 N–H and O–H groups in total. The molecule has 5 heteroatoms. The number of urea groups is 1. The number of nitrogens with zero attached hydrogens (tertiary/aromatic N) is 2. The van der Waals surface area contributed by atoms with Gasteiger partial charge < -0.3 is 15.1 Å². The minimum absolute atomic E-state index is 0.111. The van der Waals surface area contributed by atoms with Gasteiger partial charge in [-0.05, 0) is 31.4 Å². The van der Waals surface area contributed by atoms with Crippen molar-refractivity contribution < 1.29 is 4.79 Å². The number of rotatable bonds is 6. The zero-order chi connectivity index (χ0) is 13.4. The molecule has 18 heavy (non-hydrogen) atoms. The molecule has 0 aromatic heterocycles. The smallest absolute Gasteiger partial charge is 0.317 e. The third-order valence-corrected chi connectivity index (χ3v) is 4.31. The summed E-state index contributed by atoms with van der Waals surface area (Å²) in [6, 6.07) is 0.389. The molecule has 0 bridgehead atoms. The third-order valence-electron chi connectivity index (χ3n) is 3.38. The molecule has 0 unspecified atom stereocenters. The van der Waals surface area contributed by atoms with Crippen molar-refractivity contribution in [1.29, 1.82) is 0 Å². The topological polar surface area (TPSA) is 35.6 Å². The van der Waals surface area contributed by atoms with Gasteiger partial charge >= 0.3 is 6.03 Å². The van der Waals surface area contributed by atoms with Crippen molar-refractivity contribution in [1.82, 2.24) is 15.1 Å². The molecule has 0 aliphatic carbocycles. The zero-order valence-electron chi connectivity index (χ0n) is 11.9. The Kier molecular flexibility index (Phi) is 7.51. The first kappa shape index (κ1) is 15.6. The standard InChI is InChI=1S/C13H27N3OS/c1-4-15-7-9-16(10-8-15)13(17)14-12(3)6-11-18-5-2/h12H,4-11H2,1-3H3,(H,14,17)/t12-/m0/s1. The molecule has 1 rings (SSSR count). The van der Waals surface area contributed by atoms with Crippen molar-refractivity contribution in [3.05, 3.63) is 0 Å². The van der Waals surface area contributed by atoms with E-state index in [0.29, 0.717) is 0 Å². The van der Waals surface area contributed by atoms with E-state index in [1.54, 1.807) is 0 Å². The normalized spacial score (nSPS) is 18.7. The van der Waals surface area contributed by atoms with Crippen molar-refractivity contribution in [3.63, 3.8) is 0 Å². The molecule has 0 aromatic rings. The van der Waals surface area contributed by atoms with Crippen LogP contribution in [-0.2, 0) is 0 Å². The maximum absolute atomic E-state index is 12.0. The molecular formula is C13H27N3OS. The molecular weight excluding hydrogens is 246 g/mol. The van der Waals surface area contributed by atoms with Gasteiger partial charge in [0.05, 0.1) is 0 Å². The number of nitrogens with one attached hydrogen (secondary N) is 1. The van der Waals surface area contributed by atoms with Crippen LogP contribution in [0.2, 0.25) is 0 Å². The maximum atomic E-state index is 12.0. The van der Waals surface area contributed by atoms with E-state index in [1.807, 2.05) is 16.7 Å². The minimum atomic E-state index is 0.111. The molecule has 0 saturated carbocycles. The van der Waals surface area contributed by atoms with E-state index in [4.69, 9.17) is 0 Å². The largest absolute Gasteiger partial charge is 0.336 e. The van der Waals surface area contributed by atoms with Crippen LogP contribution in [0.4, 0.5) is 4.79 Å². The lowest BCUT2D eigenvalue weighted by molar-refractivity contribution is 0.141. The number of likely N-dealkylation sites (N-methyl/N-ethyl adjacent to an activating group) is 1. The average molecular weight is 273 g/mol. The van der Waals surface area contributed by atoms with Gasteiger partial charge in [-0.15, -0.1) is 0 Å². The van der Waals surface area contributed by atoms with Crippen molar-refractivity contribution >= 4 is 17.8 Å². The lowest BCUT2D eigenvalue weighted by atomic mass is 10.2. The number of carbonyl (C=O) groups excluding carboxylic acids is 1. The van der Waals surface area contributed by atoms with E-state index in [1.165, 1.54) is 0 Å². The Hall–Kier alpha value is -0.420. The van der Waals surface area contributed by atoms with E-state index >= 15 is 0 Å². The monoisotopic (exact) mass is 273 g/mol. The minimum Gasteiger partial charge on any atom is -0.336 e. The van der Waals surface area contributed by atoms with Gasteiger partial charge in [-0.2, -0.15) is 11.8 Å². The van der Waals surface area contributed by atoms with Crippen LogP contribution in [0, 0.1) is 0 Å². The summed E-state index contributed by atoms with van der Waals surface area (Å²) in [5.74, 6) is 2.28. The molecule has 1 aliphatic rings. The molecule has 0 radical (unpaired) electrons. The average Bonchev–Trinajstić information content (AvgIpc) is 2.39. The predicted molar refractivity (Wildman–Crippen MR) is 79.3 cm³/mol. The Morgan fingerprint density at radius 2 is 1.94 bits per heavy atom. The zero-order valence-corrected chi connectivity index (χ0v) is 12.8. The fourth-order valence-corrected chi connectivity index (χ4v) is 2.85. The Morgan fingerprint density at radius 3 is 2.50 bits per heavy atom. The highest BCUT2D eigenvalue weighted by Crippen LogP contribution is 2.05. The van der Waals surface area contributed by atoms with E-state index < -0.39 is 0 Å². The third kappa shape index (κ3) is 5.48. The maximum Gasteiger partial charge on any atom is 0.317 e. The molecule has 106 valence electrons. The van der Waals surface area contributed by atoms with Crippen LogP contribution in [0.1, 0.15) is 27.2 Å². The van der Waals surface area contributed by atoms with E-state index in [2.05, 4.69) is 31.0 Å². The lowest BCUT2D eigenvalue weighted by Crippen LogP contribution is -2.53. The predicted octanol–water partition coefficient (Wildman–Crippen LogP) is 1.87. The summed E-state index contributed by atoms with van der Waals surface area (Å²) < 4.78 is 0. The highest BCUT2D eigenvalue weighted by atomic mass is 32.2. The van der Waals surface area contributed by atoms with Gasteiger partial charge in [0, 0.05) is 32.2 Å². The molecule has 1 aliphatic heterocycles. The molecule has 1 saturated heterocycles. The Balaban J connectivity index is 2.20. The van der Waals surface area contributed by atoms with Gasteiger partial charge in [-0.3, -0.25) is 0 Å². The summed E-state index contributed by atoms with van der Waals surface area (Å²) in [4.78, 5) is 16.3. The van der Waals surface area contributed by atoms with Crippen LogP contribution in [-0.4, -0.2) is 66.1 Å². The van der Waals surface area contributed by atoms with Gasteiger partial charge in [0.2, 0.25) is 0 Å². The summed E-state index contributed by atoms with van der Waals surface area (Å²) in [6.45, 7) is 11.2. The first-order valence-electron chi connectivity index (χ1n) is 7.02. The SMILES string of the molecule is CCSCC[C@H](C)NC(=O)N1CCN(CC)CC1. The van der Waals surface area contributed by atoms with Crippen molar-refractivity contribution in [2.24, 2.45) is 0 Å². The van der Waals surface area contributed by atoms with Crippen LogP contribution in [0.15, 0.2) is 0 Å². The van der Waals surface area contributed by atoms with Gasteiger partial charge in [0.15, 0.2) is 0 Å². The van der Waals surface area contributed by atoms with Crippen LogP contribution in [0.5, 0.6) is 0 Å². The van der Waals surface area contributed by atoms with Gasteiger partial charge in [-0.1, -0.05) is 13.8 Å². The summed E-state index contributed by atoms with van der Waals surface area (Å²) in [7, 11) is 0. The molecule has 1 heterocycles. The fraction of sp³-hybridized carbons (Fsp3) is 0.923. The van der Waals surface area contributed by atoms with E-state index in [-0.39, 0.29) is 12.1 Å². The van der Waals surface area contributed by atoms with Crippen LogP contribution in [0.25, 0.3) is 0 Å². The van der Waals surface area contributed by atoms with Crippen LogP contribution < -0.4 is 5.32 Å². The number of carbonyl (C=O) groups is 1. The number of amides is 2. The van der Waals surface area contributed by atoms with Crippen LogP contribution >= 0.6 is 11.8 Å². The Labute approximate surface area is 115 Å². The lowest BCUT2D eigenvalue weighted by Gasteiger charge is -2.34. The summed E-state index contributed by atoms with van der Waals surface area (Å²) >= 11 is 1.93. The van der Waals surface area contributed by atoms with Crippen LogP contribution in [0.3, 0.4) is 0 Å². The van der Waals surface area contributed by atoms with Gasteiger partial charge in [0.25, 0.3) is 0 Å². The molecule has 1 atom stereocenters. The second kappa shape index (κ2) is 8.64. The molecule has 4 nitrogen and oxygen atoms in total. The van der Waals surface area contributed by atoms with Crippen molar-refractivity contribution in [2.45, 2.75) is 33.2 Å². The Morgan fingerprint density at radius 1 is 1.28 bits per heavy atom. The fourth-order valence-electron chi connectivity index (χ4n) is 2.05. The molecule has 0 spiro atoms. The number of hydrogen-bond donors (Lipinski definition) is 1. The summed E-state index contributed by atoms with van der Waals surface area (Å²) in [6.07, 6.45) is 1.05. The molecule has 2 amide bonds. The Bertz CT molecular complexity index is 242. The first-order chi connectivity index (χ1) is 8.67. The van der Waals surface area contributed by atoms with Crippen molar-refractivity contribution in [2.75, 3.05) is 44.2 Å². The van der Waals surface area contributed by atoms with E-state index in [9.17, 15) is 4.79 Å². The molecule has 1 fully saturated rings. The quantitative estimate of drug-likeness (QED) is 0.750. The molecule has 0 aromatic carbocycles. The van der Waals surface area contributed by atoms with Gasteiger partial charge in [-0.25, -0.2) is 4.79 Å².